The molecule has 0 aromatic heterocycles. The minimum Gasteiger partial charge on any atom is -0.486 e. The van der Waals surface area contributed by atoms with Crippen LogP contribution in [0.15, 0.2) is 48.5 Å². The van der Waals surface area contributed by atoms with Crippen LogP contribution in [0.5, 0.6) is 11.5 Å². The molecule has 162 valence electrons. The van der Waals surface area contributed by atoms with Crippen LogP contribution in [-0.4, -0.2) is 25.2 Å². The Hall–Kier alpha value is -2.49. The molecule has 4 fully saturated rings. The van der Waals surface area contributed by atoms with Gasteiger partial charge in [0.15, 0.2) is 11.5 Å². The van der Waals surface area contributed by atoms with Gasteiger partial charge in [0.05, 0.1) is 12.0 Å². The SMILES string of the molecule is Cc1ccc(C23CC4CC(CC(C(=O)NCC5COc6ccccc6O5)(C4)C2)C3)cc1. The predicted octanol–water partition coefficient (Wildman–Crippen LogP) is 4.79. The molecule has 0 radical (unpaired) electrons. The molecule has 4 aliphatic carbocycles. The van der Waals surface area contributed by atoms with E-state index in [1.165, 1.54) is 30.4 Å². The monoisotopic (exact) mass is 417 g/mol. The number of amides is 1. The zero-order valence-electron chi connectivity index (χ0n) is 18.2. The summed E-state index contributed by atoms with van der Waals surface area (Å²) >= 11 is 0. The number of carbonyl (C=O) groups excluding carboxylic acids is 1. The molecular formula is C27H31NO3. The highest BCUT2D eigenvalue weighted by atomic mass is 16.6. The lowest BCUT2D eigenvalue weighted by molar-refractivity contribution is -0.149. The van der Waals surface area contributed by atoms with Gasteiger partial charge in [0, 0.05) is 0 Å². The van der Waals surface area contributed by atoms with Crippen LogP contribution in [0.3, 0.4) is 0 Å². The van der Waals surface area contributed by atoms with Crippen molar-refractivity contribution in [3.8, 4) is 11.5 Å². The van der Waals surface area contributed by atoms with Crippen molar-refractivity contribution in [2.45, 2.75) is 57.0 Å². The predicted molar refractivity (Wildman–Crippen MR) is 119 cm³/mol. The minimum atomic E-state index is -0.220. The van der Waals surface area contributed by atoms with E-state index in [0.717, 1.165) is 30.8 Å². The molecule has 1 amide bonds. The van der Waals surface area contributed by atoms with Gasteiger partial charge in [-0.15, -0.1) is 0 Å². The summed E-state index contributed by atoms with van der Waals surface area (Å²) < 4.78 is 11.9. The largest absolute Gasteiger partial charge is 0.486 e. The Morgan fingerprint density at radius 1 is 1.00 bits per heavy atom. The van der Waals surface area contributed by atoms with Gasteiger partial charge in [0.2, 0.25) is 5.91 Å². The Kier molecular flexibility index (Phi) is 4.35. The third-order valence-electron chi connectivity index (χ3n) is 8.26. The lowest BCUT2D eigenvalue weighted by Gasteiger charge is -2.61. The van der Waals surface area contributed by atoms with Gasteiger partial charge in [-0.2, -0.15) is 0 Å². The molecular weight excluding hydrogens is 386 g/mol. The van der Waals surface area contributed by atoms with Crippen LogP contribution in [0, 0.1) is 24.2 Å². The first-order valence-electron chi connectivity index (χ1n) is 11.8. The van der Waals surface area contributed by atoms with Crippen molar-refractivity contribution >= 4 is 5.91 Å². The molecule has 0 saturated heterocycles. The zero-order valence-corrected chi connectivity index (χ0v) is 18.2. The Balaban J connectivity index is 1.19. The standard InChI is InChI=1S/C27H31NO3/c1-18-6-8-21(9-7-18)26-11-19-10-20(12-26)14-27(13-19,17-26)25(29)28-15-22-16-30-23-4-2-3-5-24(23)31-22/h2-9,19-20,22H,10-17H2,1H3,(H,28,29). The van der Waals surface area contributed by atoms with Crippen LogP contribution < -0.4 is 14.8 Å². The maximum absolute atomic E-state index is 13.6. The second kappa shape index (κ2) is 7.01. The molecule has 0 spiro atoms. The molecule has 1 N–H and O–H groups in total. The second-order valence-electron chi connectivity index (χ2n) is 10.6. The van der Waals surface area contributed by atoms with Crippen LogP contribution in [0.25, 0.3) is 0 Å². The highest BCUT2D eigenvalue weighted by Crippen LogP contribution is 2.65. The fraction of sp³-hybridized carbons (Fsp3) is 0.519. The van der Waals surface area contributed by atoms with E-state index >= 15 is 0 Å². The molecule has 4 heteroatoms. The molecule has 7 rings (SSSR count). The first kappa shape index (κ1) is 19.2. The summed E-state index contributed by atoms with van der Waals surface area (Å²) in [5.74, 6) is 3.14. The Labute approximate surface area is 184 Å². The number of para-hydroxylation sites is 2. The van der Waals surface area contributed by atoms with E-state index in [-0.39, 0.29) is 22.8 Å². The molecule has 4 saturated carbocycles. The van der Waals surface area contributed by atoms with Gasteiger partial charge in [-0.3, -0.25) is 4.79 Å². The molecule has 4 bridgehead atoms. The van der Waals surface area contributed by atoms with Crippen molar-refractivity contribution in [2.24, 2.45) is 17.3 Å². The first-order chi connectivity index (χ1) is 15.0. The van der Waals surface area contributed by atoms with Crippen molar-refractivity contribution in [2.75, 3.05) is 13.2 Å². The molecule has 3 atom stereocenters. The normalized spacial score (nSPS) is 35.1. The van der Waals surface area contributed by atoms with Crippen molar-refractivity contribution in [1.82, 2.24) is 5.32 Å². The van der Waals surface area contributed by atoms with Gasteiger partial charge in [0.1, 0.15) is 12.7 Å². The maximum Gasteiger partial charge on any atom is 0.226 e. The van der Waals surface area contributed by atoms with Gasteiger partial charge >= 0.3 is 0 Å². The van der Waals surface area contributed by atoms with Gasteiger partial charge in [0.25, 0.3) is 0 Å². The van der Waals surface area contributed by atoms with E-state index in [1.54, 1.807) is 0 Å². The third-order valence-corrected chi connectivity index (χ3v) is 8.26. The number of ether oxygens (including phenoxy) is 2. The second-order valence-corrected chi connectivity index (χ2v) is 10.6. The summed E-state index contributed by atoms with van der Waals surface area (Å²) in [5.41, 5.74) is 2.71. The quantitative estimate of drug-likeness (QED) is 0.778. The lowest BCUT2D eigenvalue weighted by atomic mass is 9.42. The van der Waals surface area contributed by atoms with Gasteiger partial charge in [-0.25, -0.2) is 0 Å². The van der Waals surface area contributed by atoms with E-state index in [4.69, 9.17) is 9.47 Å². The summed E-state index contributed by atoms with van der Waals surface area (Å²) in [4.78, 5) is 13.6. The summed E-state index contributed by atoms with van der Waals surface area (Å²) in [6, 6.07) is 16.8. The maximum atomic E-state index is 13.6. The Morgan fingerprint density at radius 2 is 1.71 bits per heavy atom. The Bertz CT molecular complexity index is 984. The molecule has 4 nitrogen and oxygen atoms in total. The first-order valence-corrected chi connectivity index (χ1v) is 11.8. The average molecular weight is 418 g/mol. The molecule has 1 aliphatic heterocycles. The van der Waals surface area contributed by atoms with E-state index in [0.29, 0.717) is 25.0 Å². The number of hydrogen-bond donors (Lipinski definition) is 1. The number of hydrogen-bond acceptors (Lipinski definition) is 3. The number of aryl methyl sites for hydroxylation is 1. The summed E-state index contributed by atoms with van der Waals surface area (Å²) in [7, 11) is 0. The van der Waals surface area contributed by atoms with E-state index in [1.807, 2.05) is 24.3 Å². The fourth-order valence-corrected chi connectivity index (χ4v) is 7.33. The molecule has 2 aromatic carbocycles. The van der Waals surface area contributed by atoms with Crippen LogP contribution in [0.1, 0.15) is 49.7 Å². The molecule has 1 heterocycles. The van der Waals surface area contributed by atoms with Gasteiger partial charge in [-0.05, 0) is 80.4 Å². The van der Waals surface area contributed by atoms with Crippen LogP contribution in [0.2, 0.25) is 0 Å². The topological polar surface area (TPSA) is 47.6 Å². The number of nitrogens with one attached hydrogen (secondary N) is 1. The summed E-state index contributed by atoms with van der Waals surface area (Å²) in [6.07, 6.45) is 6.75. The molecule has 5 aliphatic rings. The van der Waals surface area contributed by atoms with Crippen LogP contribution >= 0.6 is 0 Å². The van der Waals surface area contributed by atoms with Crippen LogP contribution in [0.4, 0.5) is 0 Å². The van der Waals surface area contributed by atoms with E-state index < -0.39 is 0 Å². The average Bonchev–Trinajstić information content (AvgIpc) is 2.77. The van der Waals surface area contributed by atoms with Crippen LogP contribution in [-0.2, 0) is 10.2 Å². The lowest BCUT2D eigenvalue weighted by Crippen LogP contribution is -2.59. The zero-order chi connectivity index (χ0) is 21.1. The van der Waals surface area contributed by atoms with Crippen molar-refractivity contribution < 1.29 is 14.3 Å². The smallest absolute Gasteiger partial charge is 0.226 e. The highest BCUT2D eigenvalue weighted by molar-refractivity contribution is 5.83. The summed E-state index contributed by atoms with van der Waals surface area (Å²) in [5, 5.41) is 3.27. The van der Waals surface area contributed by atoms with Crippen molar-refractivity contribution in [3.63, 3.8) is 0 Å². The fourth-order valence-electron chi connectivity index (χ4n) is 7.33. The van der Waals surface area contributed by atoms with Gasteiger partial charge < -0.3 is 14.8 Å². The molecule has 31 heavy (non-hydrogen) atoms. The number of benzene rings is 2. The summed E-state index contributed by atoms with van der Waals surface area (Å²) in [6.45, 7) is 3.12. The molecule has 2 aromatic rings. The highest BCUT2D eigenvalue weighted by Gasteiger charge is 2.60. The van der Waals surface area contributed by atoms with E-state index in [9.17, 15) is 4.79 Å². The molecule has 3 unspecified atom stereocenters. The number of fused-ring (bicyclic) bond motifs is 1. The number of carbonyl (C=O) groups is 1. The van der Waals surface area contributed by atoms with E-state index in [2.05, 4.69) is 36.5 Å². The van der Waals surface area contributed by atoms with Crippen molar-refractivity contribution in [3.05, 3.63) is 59.7 Å². The Morgan fingerprint density at radius 3 is 2.45 bits per heavy atom. The van der Waals surface area contributed by atoms with Gasteiger partial charge in [-0.1, -0.05) is 42.0 Å². The van der Waals surface area contributed by atoms with Crippen molar-refractivity contribution in [1.29, 1.82) is 0 Å². The number of rotatable bonds is 4. The third kappa shape index (κ3) is 3.22. The minimum absolute atomic E-state index is 0.140.